The molecule has 194 valence electrons. The maximum absolute atomic E-state index is 15.2. The fourth-order valence-electron chi connectivity index (χ4n) is 5.70. The van der Waals surface area contributed by atoms with E-state index >= 15 is 4.39 Å². The number of alkyl halides is 3. The second-order valence-corrected chi connectivity index (χ2v) is 9.56. The lowest BCUT2D eigenvalue weighted by Crippen LogP contribution is -2.30. The van der Waals surface area contributed by atoms with Crippen LogP contribution in [0.4, 0.5) is 27.6 Å². The predicted molar refractivity (Wildman–Crippen MR) is 131 cm³/mol. The van der Waals surface area contributed by atoms with Crippen molar-refractivity contribution in [2.24, 2.45) is 0 Å². The van der Waals surface area contributed by atoms with Gasteiger partial charge >= 0.3 is 6.18 Å². The molecule has 0 radical (unpaired) electrons. The van der Waals surface area contributed by atoms with Gasteiger partial charge in [-0.15, -0.1) is 0 Å². The van der Waals surface area contributed by atoms with Crippen LogP contribution in [0.5, 0.6) is 5.75 Å². The molecule has 3 aromatic carbocycles. The molecule has 0 atom stereocenters. The fraction of sp³-hybridized carbons (Fsp3) is 0.345. The van der Waals surface area contributed by atoms with Crippen LogP contribution in [0.2, 0.25) is 0 Å². The number of hydrogen-bond donors (Lipinski definition) is 0. The average molecular weight is 516 g/mol. The molecule has 3 nitrogen and oxygen atoms in total. The number of carbonyl (C=O) groups excluding carboxylic acids is 1. The van der Waals surface area contributed by atoms with Crippen LogP contribution in [0.15, 0.2) is 30.3 Å². The van der Waals surface area contributed by atoms with Crippen molar-refractivity contribution >= 4 is 11.6 Å². The summed E-state index contributed by atoms with van der Waals surface area (Å²) >= 11 is 0. The molecular formula is C29H26F5NO2. The summed E-state index contributed by atoms with van der Waals surface area (Å²) in [7, 11) is 0. The Morgan fingerprint density at radius 3 is 2.54 bits per heavy atom. The van der Waals surface area contributed by atoms with Gasteiger partial charge in [-0.05, 0) is 97.2 Å². The molecule has 0 saturated carbocycles. The molecule has 0 spiro atoms. The molecule has 0 saturated heterocycles. The summed E-state index contributed by atoms with van der Waals surface area (Å²) < 4.78 is 75.4. The Labute approximate surface area is 211 Å². The van der Waals surface area contributed by atoms with Crippen molar-refractivity contribution in [3.63, 3.8) is 0 Å². The first-order valence-corrected chi connectivity index (χ1v) is 12.3. The van der Waals surface area contributed by atoms with Crippen molar-refractivity contribution in [2.75, 3.05) is 18.1 Å². The minimum Gasteiger partial charge on any atom is -0.490 e. The predicted octanol–water partition coefficient (Wildman–Crippen LogP) is 7.36. The minimum absolute atomic E-state index is 0.180. The van der Waals surface area contributed by atoms with Crippen LogP contribution in [0, 0.1) is 25.5 Å². The van der Waals surface area contributed by atoms with Crippen LogP contribution < -0.4 is 9.64 Å². The number of ether oxygens (including phenoxy) is 1. The Balaban J connectivity index is 1.67. The monoisotopic (exact) mass is 515 g/mol. The smallest absolute Gasteiger partial charge is 0.419 e. The van der Waals surface area contributed by atoms with Gasteiger partial charge in [0.1, 0.15) is 5.82 Å². The second-order valence-electron chi connectivity index (χ2n) is 9.56. The van der Waals surface area contributed by atoms with Crippen LogP contribution in [0.25, 0.3) is 11.1 Å². The summed E-state index contributed by atoms with van der Waals surface area (Å²) in [6.07, 6.45) is -2.35. The van der Waals surface area contributed by atoms with Gasteiger partial charge in [-0.3, -0.25) is 4.79 Å². The van der Waals surface area contributed by atoms with Crippen molar-refractivity contribution < 1.29 is 31.5 Å². The molecule has 37 heavy (non-hydrogen) atoms. The van der Waals surface area contributed by atoms with E-state index in [4.69, 9.17) is 4.74 Å². The number of amides is 1. The third-order valence-corrected chi connectivity index (χ3v) is 7.46. The number of nitrogens with zero attached hydrogens (tertiary/aromatic N) is 1. The van der Waals surface area contributed by atoms with Gasteiger partial charge in [0.15, 0.2) is 11.6 Å². The molecule has 0 bridgehead atoms. The largest absolute Gasteiger partial charge is 0.490 e. The summed E-state index contributed by atoms with van der Waals surface area (Å²) in [6.45, 7) is 6.47. The van der Waals surface area contributed by atoms with Gasteiger partial charge in [0.05, 0.1) is 17.7 Å². The van der Waals surface area contributed by atoms with Gasteiger partial charge in [0.25, 0.3) is 5.91 Å². The zero-order chi connectivity index (χ0) is 26.6. The van der Waals surface area contributed by atoms with E-state index in [1.807, 2.05) is 26.8 Å². The van der Waals surface area contributed by atoms with E-state index in [1.54, 1.807) is 0 Å². The lowest BCUT2D eigenvalue weighted by molar-refractivity contribution is -0.140. The van der Waals surface area contributed by atoms with Crippen molar-refractivity contribution in [3.05, 3.63) is 80.9 Å². The molecule has 5 rings (SSSR count). The Kier molecular flexibility index (Phi) is 6.24. The number of carbonyl (C=O) groups is 1. The van der Waals surface area contributed by atoms with Crippen molar-refractivity contribution in [1.29, 1.82) is 0 Å². The molecule has 2 heterocycles. The number of halogens is 5. The van der Waals surface area contributed by atoms with Gasteiger partial charge in [-0.25, -0.2) is 8.78 Å². The highest BCUT2D eigenvalue weighted by atomic mass is 19.4. The van der Waals surface area contributed by atoms with Gasteiger partial charge in [-0.1, -0.05) is 13.0 Å². The van der Waals surface area contributed by atoms with Gasteiger partial charge < -0.3 is 9.64 Å². The number of fused-ring (bicyclic) bond motifs is 2. The van der Waals surface area contributed by atoms with E-state index in [1.165, 1.54) is 11.0 Å². The number of aryl methyl sites for hydroxylation is 1. The Morgan fingerprint density at radius 2 is 1.84 bits per heavy atom. The van der Waals surface area contributed by atoms with E-state index < -0.39 is 34.8 Å². The molecule has 0 fully saturated rings. The number of hydrogen-bond acceptors (Lipinski definition) is 2. The van der Waals surface area contributed by atoms with Crippen LogP contribution >= 0.6 is 0 Å². The summed E-state index contributed by atoms with van der Waals surface area (Å²) in [6, 6.07) is 6.03. The number of rotatable bonds is 3. The van der Waals surface area contributed by atoms with E-state index in [2.05, 4.69) is 0 Å². The minimum atomic E-state index is -4.92. The lowest BCUT2D eigenvalue weighted by atomic mass is 9.84. The van der Waals surface area contributed by atoms with E-state index in [-0.39, 0.29) is 12.3 Å². The zero-order valence-corrected chi connectivity index (χ0v) is 20.8. The molecule has 0 unspecified atom stereocenters. The van der Waals surface area contributed by atoms with Gasteiger partial charge in [0.2, 0.25) is 0 Å². The van der Waals surface area contributed by atoms with Crippen LogP contribution in [-0.2, 0) is 25.4 Å². The first-order valence-electron chi connectivity index (χ1n) is 12.3. The topological polar surface area (TPSA) is 29.5 Å². The maximum Gasteiger partial charge on any atom is 0.419 e. The van der Waals surface area contributed by atoms with Crippen molar-refractivity contribution in [1.82, 2.24) is 0 Å². The summed E-state index contributed by atoms with van der Waals surface area (Å²) in [5.41, 5.74) is 4.39. The zero-order valence-electron chi connectivity index (χ0n) is 20.8. The maximum atomic E-state index is 15.2. The van der Waals surface area contributed by atoms with Crippen molar-refractivity contribution in [3.8, 4) is 16.9 Å². The first kappa shape index (κ1) is 25.2. The second kappa shape index (κ2) is 9.15. The highest BCUT2D eigenvalue weighted by molar-refractivity contribution is 6.08. The molecule has 0 aliphatic carbocycles. The van der Waals surface area contributed by atoms with Gasteiger partial charge in [-0.2, -0.15) is 13.2 Å². The summed E-state index contributed by atoms with van der Waals surface area (Å²) in [5.74, 6) is -2.57. The van der Waals surface area contributed by atoms with Crippen molar-refractivity contribution in [2.45, 2.75) is 52.6 Å². The molecule has 0 N–H and O–H groups in total. The Bertz CT molecular complexity index is 1430. The SMILES string of the molecule is CCc1c(C)cc2c(c1-c1cc(F)c3c(c1C)CCCO3)CCN2C(=O)c1cccc(C(F)(F)F)c1F. The van der Waals surface area contributed by atoms with Gasteiger partial charge in [0, 0.05) is 17.8 Å². The Morgan fingerprint density at radius 1 is 1.08 bits per heavy atom. The van der Waals surface area contributed by atoms with E-state index in [9.17, 15) is 22.4 Å². The van der Waals surface area contributed by atoms with E-state index in [0.29, 0.717) is 37.6 Å². The quantitative estimate of drug-likeness (QED) is 0.341. The first-order chi connectivity index (χ1) is 17.5. The summed E-state index contributed by atoms with van der Waals surface area (Å²) in [4.78, 5) is 14.7. The Hall–Kier alpha value is -3.42. The molecule has 0 aromatic heterocycles. The molecular weight excluding hydrogens is 489 g/mol. The van der Waals surface area contributed by atoms with E-state index in [0.717, 1.165) is 57.5 Å². The molecule has 2 aliphatic heterocycles. The third-order valence-electron chi connectivity index (χ3n) is 7.46. The molecule has 8 heteroatoms. The fourth-order valence-corrected chi connectivity index (χ4v) is 5.70. The molecule has 2 aliphatic rings. The molecule has 3 aromatic rings. The number of anilines is 1. The van der Waals surface area contributed by atoms with Crippen LogP contribution in [-0.4, -0.2) is 19.1 Å². The highest BCUT2D eigenvalue weighted by Gasteiger charge is 2.38. The molecule has 1 amide bonds. The number of benzene rings is 3. The summed E-state index contributed by atoms with van der Waals surface area (Å²) in [5, 5.41) is 0. The third kappa shape index (κ3) is 4.06. The normalized spacial score (nSPS) is 14.9. The standard InChI is InChI=1S/C29H26F5NO2/c1-4-17-15(2)13-24-19(25(17)21-14-23(30)27-18(16(21)3)8-6-12-37-27)10-11-35(24)28(36)20-7-5-9-22(26(20)31)29(32,33)34/h5,7,9,13-14H,4,6,8,10-12H2,1-3H3. The highest BCUT2D eigenvalue weighted by Crippen LogP contribution is 2.45. The lowest BCUT2D eigenvalue weighted by Gasteiger charge is -2.25. The van der Waals surface area contributed by atoms with Crippen LogP contribution in [0.3, 0.4) is 0 Å². The average Bonchev–Trinajstić information content (AvgIpc) is 3.28. The van der Waals surface area contributed by atoms with Crippen LogP contribution in [0.1, 0.15) is 57.1 Å².